The maximum absolute atomic E-state index is 12.2. The lowest BCUT2D eigenvalue weighted by Crippen LogP contribution is -2.13. The van der Waals surface area contributed by atoms with Crippen molar-refractivity contribution in [2.45, 2.75) is 54.0 Å². The van der Waals surface area contributed by atoms with Gasteiger partial charge in [-0.05, 0) is 62.4 Å². The van der Waals surface area contributed by atoms with Crippen LogP contribution < -0.4 is 5.32 Å². The van der Waals surface area contributed by atoms with Crippen LogP contribution in [0.2, 0.25) is 0 Å². The van der Waals surface area contributed by atoms with Crippen LogP contribution in [0, 0.1) is 26.7 Å². The maximum Gasteiger partial charge on any atom is 0.224 e. The highest BCUT2D eigenvalue weighted by Gasteiger charge is 2.14. The Morgan fingerprint density at radius 1 is 1.29 bits per heavy atom. The van der Waals surface area contributed by atoms with Gasteiger partial charge >= 0.3 is 0 Å². The van der Waals surface area contributed by atoms with Crippen molar-refractivity contribution >= 4 is 27.5 Å². The van der Waals surface area contributed by atoms with Gasteiger partial charge in [-0.3, -0.25) is 9.48 Å². The third-order valence-electron chi connectivity index (χ3n) is 4.11. The summed E-state index contributed by atoms with van der Waals surface area (Å²) in [4.78, 5) is 12.2. The maximum atomic E-state index is 12.2. The number of rotatable bonds is 6. The lowest BCUT2D eigenvalue weighted by atomic mass is 10.1. The summed E-state index contributed by atoms with van der Waals surface area (Å²) in [5.41, 5.74) is 5.34. The first-order chi connectivity index (χ1) is 11.3. The molecule has 0 saturated carbocycles. The number of hydrogen-bond acceptors (Lipinski definition) is 2. The zero-order valence-electron chi connectivity index (χ0n) is 15.1. The molecule has 1 aromatic carbocycles. The molecule has 0 bridgehead atoms. The highest BCUT2D eigenvalue weighted by atomic mass is 79.9. The van der Waals surface area contributed by atoms with Crippen molar-refractivity contribution in [2.24, 2.45) is 5.92 Å². The number of amides is 1. The molecule has 4 nitrogen and oxygen atoms in total. The van der Waals surface area contributed by atoms with Crippen LogP contribution >= 0.6 is 15.9 Å². The van der Waals surface area contributed by atoms with E-state index in [9.17, 15) is 4.79 Å². The van der Waals surface area contributed by atoms with Crippen LogP contribution in [0.4, 0.5) is 5.69 Å². The van der Waals surface area contributed by atoms with E-state index in [2.05, 4.69) is 51.8 Å². The van der Waals surface area contributed by atoms with E-state index in [-0.39, 0.29) is 5.91 Å². The molecule has 0 radical (unpaired) electrons. The highest BCUT2D eigenvalue weighted by molar-refractivity contribution is 9.10. The van der Waals surface area contributed by atoms with Crippen LogP contribution in [0.25, 0.3) is 0 Å². The van der Waals surface area contributed by atoms with Crippen LogP contribution in [0.3, 0.4) is 0 Å². The fourth-order valence-electron chi connectivity index (χ4n) is 2.80. The lowest BCUT2D eigenvalue weighted by molar-refractivity contribution is -0.116. The molecule has 5 heteroatoms. The molecule has 0 aliphatic rings. The van der Waals surface area contributed by atoms with Gasteiger partial charge in [0.25, 0.3) is 0 Å². The zero-order chi connectivity index (χ0) is 17.9. The fourth-order valence-corrected chi connectivity index (χ4v) is 3.05. The van der Waals surface area contributed by atoms with Crippen molar-refractivity contribution in [3.05, 3.63) is 45.2 Å². The van der Waals surface area contributed by atoms with E-state index < -0.39 is 0 Å². The number of nitrogens with one attached hydrogen (secondary N) is 1. The monoisotopic (exact) mass is 391 g/mol. The average Bonchev–Trinajstić information content (AvgIpc) is 2.74. The number of nitrogens with zero attached hydrogens (tertiary/aromatic N) is 2. The van der Waals surface area contributed by atoms with Gasteiger partial charge in [-0.1, -0.05) is 29.8 Å². The number of aryl methyl sites for hydroxylation is 2. The number of anilines is 1. The highest BCUT2D eigenvalue weighted by Crippen LogP contribution is 2.21. The molecule has 0 spiro atoms. The summed E-state index contributed by atoms with van der Waals surface area (Å²) in [7, 11) is 0. The van der Waals surface area contributed by atoms with Gasteiger partial charge in [0.15, 0.2) is 0 Å². The number of carbonyl (C=O) groups excluding carboxylic acids is 1. The predicted molar refractivity (Wildman–Crippen MR) is 102 cm³/mol. The van der Waals surface area contributed by atoms with E-state index in [0.29, 0.717) is 12.3 Å². The van der Waals surface area contributed by atoms with Crippen LogP contribution in [0.5, 0.6) is 0 Å². The second-order valence-electron chi connectivity index (χ2n) is 6.74. The van der Waals surface area contributed by atoms with Crippen molar-refractivity contribution in [1.29, 1.82) is 0 Å². The minimum Gasteiger partial charge on any atom is -0.326 e. The fraction of sp³-hybridized carbons (Fsp3) is 0.474. The smallest absolute Gasteiger partial charge is 0.224 e. The third-order valence-corrected chi connectivity index (χ3v) is 5.00. The number of aromatic nitrogens is 2. The lowest BCUT2D eigenvalue weighted by Gasteiger charge is -2.09. The molecule has 1 aromatic heterocycles. The second-order valence-corrected chi connectivity index (χ2v) is 7.59. The molecule has 2 aromatic rings. The Balaban J connectivity index is 1.98. The van der Waals surface area contributed by atoms with E-state index in [0.717, 1.165) is 34.4 Å². The summed E-state index contributed by atoms with van der Waals surface area (Å²) in [6.07, 6.45) is 1.18. The Labute approximate surface area is 152 Å². The summed E-state index contributed by atoms with van der Waals surface area (Å²) < 4.78 is 3.11. The van der Waals surface area contributed by atoms with Crippen molar-refractivity contribution in [3.8, 4) is 0 Å². The molecule has 2 rings (SSSR count). The SMILES string of the molecule is Cc1cc(NC(=O)CCc2c(C)nn(CC(C)C)c2C)ccc1Br. The van der Waals surface area contributed by atoms with Gasteiger partial charge in [-0.2, -0.15) is 5.10 Å². The van der Waals surface area contributed by atoms with Crippen LogP contribution in [-0.4, -0.2) is 15.7 Å². The summed E-state index contributed by atoms with van der Waals surface area (Å²) in [5, 5.41) is 7.58. The Hall–Kier alpha value is -1.62. The zero-order valence-corrected chi connectivity index (χ0v) is 16.7. The quantitative estimate of drug-likeness (QED) is 0.768. The Kier molecular flexibility index (Phi) is 6.21. The molecule has 0 aliphatic heterocycles. The molecule has 130 valence electrons. The number of benzene rings is 1. The molecule has 1 heterocycles. The van der Waals surface area contributed by atoms with Crippen molar-refractivity contribution in [2.75, 3.05) is 5.32 Å². The van der Waals surface area contributed by atoms with E-state index in [1.807, 2.05) is 32.0 Å². The second kappa shape index (κ2) is 7.97. The van der Waals surface area contributed by atoms with Crippen molar-refractivity contribution < 1.29 is 4.79 Å². The molecule has 0 aliphatic carbocycles. The van der Waals surface area contributed by atoms with Crippen molar-refractivity contribution in [1.82, 2.24) is 9.78 Å². The van der Waals surface area contributed by atoms with E-state index in [4.69, 9.17) is 0 Å². The minimum atomic E-state index is 0.0344. The van der Waals surface area contributed by atoms with Crippen molar-refractivity contribution in [3.63, 3.8) is 0 Å². The number of hydrogen-bond donors (Lipinski definition) is 1. The van der Waals surface area contributed by atoms with E-state index >= 15 is 0 Å². The normalized spacial score (nSPS) is 11.1. The number of halogens is 1. The molecular formula is C19H26BrN3O. The molecule has 0 unspecified atom stereocenters. The first kappa shape index (κ1) is 18.7. The topological polar surface area (TPSA) is 46.9 Å². The minimum absolute atomic E-state index is 0.0344. The summed E-state index contributed by atoms with van der Waals surface area (Å²) in [6.45, 7) is 11.4. The van der Waals surface area contributed by atoms with Gasteiger partial charge < -0.3 is 5.32 Å². The average molecular weight is 392 g/mol. The number of carbonyl (C=O) groups is 1. The van der Waals surface area contributed by atoms with Gasteiger partial charge in [0.1, 0.15) is 0 Å². The summed E-state index contributed by atoms with van der Waals surface area (Å²) >= 11 is 3.47. The van der Waals surface area contributed by atoms with Crippen LogP contribution in [0.15, 0.2) is 22.7 Å². The largest absolute Gasteiger partial charge is 0.326 e. The summed E-state index contributed by atoms with van der Waals surface area (Å²) in [5.74, 6) is 0.590. The standard InChI is InChI=1S/C19H26BrN3O/c1-12(2)11-23-15(5)17(14(4)22-23)7-9-19(24)21-16-6-8-18(20)13(3)10-16/h6,8,10,12H,7,9,11H2,1-5H3,(H,21,24). The molecule has 0 fully saturated rings. The van der Waals surface area contributed by atoms with Gasteiger partial charge in [0.2, 0.25) is 5.91 Å². The molecule has 0 atom stereocenters. The van der Waals surface area contributed by atoms with E-state index in [1.54, 1.807) is 0 Å². The predicted octanol–water partition coefficient (Wildman–Crippen LogP) is 4.80. The van der Waals surface area contributed by atoms with Crippen LogP contribution in [-0.2, 0) is 17.8 Å². The van der Waals surface area contributed by atoms with Gasteiger partial charge in [-0.15, -0.1) is 0 Å². The van der Waals surface area contributed by atoms with Gasteiger partial charge in [0.05, 0.1) is 5.69 Å². The third kappa shape index (κ3) is 4.69. The first-order valence-electron chi connectivity index (χ1n) is 8.36. The molecule has 24 heavy (non-hydrogen) atoms. The summed E-state index contributed by atoms with van der Waals surface area (Å²) in [6, 6.07) is 5.83. The molecular weight excluding hydrogens is 366 g/mol. The Bertz CT molecular complexity index is 734. The van der Waals surface area contributed by atoms with Crippen LogP contribution in [0.1, 0.15) is 42.8 Å². The first-order valence-corrected chi connectivity index (χ1v) is 9.16. The Morgan fingerprint density at radius 2 is 2.00 bits per heavy atom. The molecule has 1 N–H and O–H groups in total. The molecule has 1 amide bonds. The van der Waals surface area contributed by atoms with Gasteiger partial charge in [-0.25, -0.2) is 0 Å². The van der Waals surface area contributed by atoms with Gasteiger partial charge in [0, 0.05) is 28.8 Å². The molecule has 0 saturated heterocycles. The van der Waals surface area contributed by atoms with E-state index in [1.165, 1.54) is 11.3 Å². The Morgan fingerprint density at radius 3 is 2.62 bits per heavy atom.